The summed E-state index contributed by atoms with van der Waals surface area (Å²) in [5.74, 6) is 0.454. The smallest absolute Gasteiger partial charge is 0.261 e. The Morgan fingerprint density at radius 1 is 1.06 bits per heavy atom. The first kappa shape index (κ1) is 19.7. The fourth-order valence-corrected chi connectivity index (χ4v) is 5.01. The summed E-state index contributed by atoms with van der Waals surface area (Å²) in [7, 11) is 0. The van der Waals surface area contributed by atoms with Gasteiger partial charge in [0.1, 0.15) is 11.3 Å². The molecule has 0 saturated heterocycles. The van der Waals surface area contributed by atoms with Gasteiger partial charge in [0.25, 0.3) is 5.56 Å². The molecule has 0 spiro atoms. The van der Waals surface area contributed by atoms with E-state index in [-0.39, 0.29) is 5.56 Å². The molecule has 4 N–H and O–H groups in total. The van der Waals surface area contributed by atoms with Crippen LogP contribution < -0.4 is 11.3 Å². The van der Waals surface area contributed by atoms with Gasteiger partial charge >= 0.3 is 0 Å². The number of fused-ring (bicyclic) bond motifs is 3. The molecule has 170 valence electrons. The van der Waals surface area contributed by atoms with Gasteiger partial charge < -0.3 is 10.7 Å². The van der Waals surface area contributed by atoms with E-state index in [0.29, 0.717) is 28.1 Å². The number of nitrogens with two attached hydrogens (primary N) is 1. The van der Waals surface area contributed by atoms with Crippen molar-refractivity contribution in [2.45, 2.75) is 19.3 Å². The topological polar surface area (TPSA) is 131 Å². The average Bonchev–Trinajstić information content (AvgIpc) is 3.61. The summed E-state index contributed by atoms with van der Waals surface area (Å²) in [6, 6.07) is 11.5. The van der Waals surface area contributed by atoms with Gasteiger partial charge in [0, 0.05) is 35.1 Å². The second-order valence-corrected chi connectivity index (χ2v) is 8.77. The minimum atomic E-state index is -0.304. The standard InChI is InChI=1S/C26H20N8O/c27-23-17(16-4-2-6-20-18(16)12-29-32-20)11-21(34-13-15-3-1-5-19(15)33-34)24-22(23)26(35)31-25(30-24)14-7-9-28-10-8-14/h2,4,6-13H,1,3,5,27H2,(H,29,32)(H,30,31,35). The fraction of sp³-hybridized carbons (Fsp3) is 0.115. The molecule has 6 aromatic rings. The van der Waals surface area contributed by atoms with Crippen LogP contribution in [0.5, 0.6) is 0 Å². The summed E-state index contributed by atoms with van der Waals surface area (Å²) in [5, 5.41) is 13.3. The average molecular weight is 461 g/mol. The molecule has 9 nitrogen and oxygen atoms in total. The maximum Gasteiger partial charge on any atom is 0.261 e. The number of aryl methyl sites for hydroxylation is 2. The molecule has 9 heteroatoms. The second-order valence-electron chi connectivity index (χ2n) is 8.77. The predicted octanol–water partition coefficient (Wildman–Crippen LogP) is 3.79. The number of pyridine rings is 1. The van der Waals surface area contributed by atoms with Gasteiger partial charge in [0.2, 0.25) is 0 Å². The van der Waals surface area contributed by atoms with E-state index in [1.165, 1.54) is 5.56 Å². The number of rotatable bonds is 3. The van der Waals surface area contributed by atoms with Crippen molar-refractivity contribution >= 4 is 27.5 Å². The molecule has 2 aromatic carbocycles. The highest BCUT2D eigenvalue weighted by atomic mass is 16.1. The van der Waals surface area contributed by atoms with E-state index in [2.05, 4.69) is 20.2 Å². The summed E-state index contributed by atoms with van der Waals surface area (Å²) in [6.07, 6.45) is 10.2. The van der Waals surface area contributed by atoms with Crippen molar-refractivity contribution in [2.75, 3.05) is 5.73 Å². The van der Waals surface area contributed by atoms with E-state index in [9.17, 15) is 4.79 Å². The quantitative estimate of drug-likeness (QED) is 0.345. The number of hydrogen-bond donors (Lipinski definition) is 3. The zero-order valence-electron chi connectivity index (χ0n) is 18.6. The van der Waals surface area contributed by atoms with Crippen LogP contribution in [0.1, 0.15) is 17.7 Å². The van der Waals surface area contributed by atoms with E-state index >= 15 is 0 Å². The van der Waals surface area contributed by atoms with Crippen LogP contribution in [0.15, 0.2) is 66.0 Å². The lowest BCUT2D eigenvalue weighted by atomic mass is 9.97. The zero-order valence-corrected chi connectivity index (χ0v) is 18.6. The van der Waals surface area contributed by atoms with Gasteiger partial charge in [-0.1, -0.05) is 12.1 Å². The minimum Gasteiger partial charge on any atom is -0.398 e. The lowest BCUT2D eigenvalue weighted by molar-refractivity contribution is 0.803. The third-order valence-electron chi connectivity index (χ3n) is 6.72. The molecule has 0 amide bonds. The van der Waals surface area contributed by atoms with Gasteiger partial charge in [-0.3, -0.25) is 14.9 Å². The number of benzene rings is 2. The van der Waals surface area contributed by atoms with Crippen LogP contribution in [0.2, 0.25) is 0 Å². The Labute approximate surface area is 198 Å². The van der Waals surface area contributed by atoms with E-state index in [1.54, 1.807) is 18.6 Å². The molecule has 0 saturated carbocycles. The zero-order chi connectivity index (χ0) is 23.5. The Hall–Kier alpha value is -4.79. The Morgan fingerprint density at radius 2 is 1.94 bits per heavy atom. The lowest BCUT2D eigenvalue weighted by Crippen LogP contribution is -2.14. The van der Waals surface area contributed by atoms with Crippen molar-refractivity contribution in [3.05, 3.63) is 82.8 Å². The molecule has 1 aliphatic carbocycles. The number of aromatic nitrogens is 7. The van der Waals surface area contributed by atoms with Crippen molar-refractivity contribution in [2.24, 2.45) is 0 Å². The molecule has 0 unspecified atom stereocenters. The summed E-state index contributed by atoms with van der Waals surface area (Å²) in [4.78, 5) is 25.3. The fourth-order valence-electron chi connectivity index (χ4n) is 5.01. The highest BCUT2D eigenvalue weighted by molar-refractivity contribution is 6.07. The molecule has 35 heavy (non-hydrogen) atoms. The van der Waals surface area contributed by atoms with Crippen molar-refractivity contribution in [1.82, 2.24) is 34.9 Å². The normalized spacial score (nSPS) is 13.0. The Kier molecular flexibility index (Phi) is 4.13. The maximum atomic E-state index is 13.5. The van der Waals surface area contributed by atoms with Crippen LogP contribution in [0.3, 0.4) is 0 Å². The van der Waals surface area contributed by atoms with Crippen molar-refractivity contribution in [3.8, 4) is 28.2 Å². The van der Waals surface area contributed by atoms with Gasteiger partial charge in [0.15, 0.2) is 0 Å². The third kappa shape index (κ3) is 2.98. The predicted molar refractivity (Wildman–Crippen MR) is 134 cm³/mol. The van der Waals surface area contributed by atoms with Crippen LogP contribution in [0.4, 0.5) is 5.69 Å². The van der Waals surface area contributed by atoms with Gasteiger partial charge in [-0.25, -0.2) is 9.67 Å². The van der Waals surface area contributed by atoms with Crippen LogP contribution in [-0.4, -0.2) is 34.9 Å². The van der Waals surface area contributed by atoms with Crippen LogP contribution in [0, 0.1) is 0 Å². The van der Waals surface area contributed by atoms with Gasteiger partial charge in [-0.05, 0) is 54.7 Å². The number of nitrogen functional groups attached to an aromatic ring is 1. The Balaban J connectivity index is 1.58. The maximum absolute atomic E-state index is 13.5. The highest BCUT2D eigenvalue weighted by Crippen LogP contribution is 2.38. The summed E-state index contributed by atoms with van der Waals surface area (Å²) in [5.41, 5.74) is 13.6. The minimum absolute atomic E-state index is 0.304. The van der Waals surface area contributed by atoms with Crippen molar-refractivity contribution in [1.29, 1.82) is 0 Å². The van der Waals surface area contributed by atoms with Crippen LogP contribution in [-0.2, 0) is 12.8 Å². The molecule has 0 aliphatic heterocycles. The molecular weight excluding hydrogens is 440 g/mol. The molecule has 0 radical (unpaired) electrons. The number of nitrogens with zero attached hydrogens (tertiary/aromatic N) is 5. The van der Waals surface area contributed by atoms with Crippen molar-refractivity contribution in [3.63, 3.8) is 0 Å². The van der Waals surface area contributed by atoms with Crippen molar-refractivity contribution < 1.29 is 0 Å². The molecule has 0 fully saturated rings. The molecule has 4 aromatic heterocycles. The van der Waals surface area contributed by atoms with Gasteiger partial charge in [0.05, 0.1) is 34.2 Å². The van der Waals surface area contributed by atoms with Gasteiger partial charge in [-0.2, -0.15) is 10.2 Å². The second kappa shape index (κ2) is 7.36. The first-order chi connectivity index (χ1) is 17.2. The molecular formula is C26H20N8O. The molecule has 1 aliphatic rings. The van der Waals surface area contributed by atoms with E-state index < -0.39 is 0 Å². The molecule has 0 atom stereocenters. The summed E-state index contributed by atoms with van der Waals surface area (Å²) in [6.45, 7) is 0. The third-order valence-corrected chi connectivity index (χ3v) is 6.72. The number of H-pyrrole nitrogens is 2. The number of hydrogen-bond acceptors (Lipinski definition) is 6. The monoisotopic (exact) mass is 460 g/mol. The summed E-state index contributed by atoms with van der Waals surface area (Å²) >= 11 is 0. The summed E-state index contributed by atoms with van der Waals surface area (Å²) < 4.78 is 1.84. The first-order valence-corrected chi connectivity index (χ1v) is 11.4. The lowest BCUT2D eigenvalue weighted by Gasteiger charge is -2.15. The SMILES string of the molecule is Nc1c(-c2cccc3[nH]ncc23)cc(-n2cc3c(n2)CCC3)c2nc(-c3ccncc3)[nH]c(=O)c12. The van der Waals surface area contributed by atoms with E-state index in [1.807, 2.05) is 47.3 Å². The Morgan fingerprint density at radius 3 is 2.80 bits per heavy atom. The first-order valence-electron chi connectivity index (χ1n) is 11.4. The van der Waals surface area contributed by atoms with Crippen LogP contribution in [0.25, 0.3) is 50.0 Å². The largest absolute Gasteiger partial charge is 0.398 e. The highest BCUT2D eigenvalue weighted by Gasteiger charge is 2.22. The molecule has 7 rings (SSSR count). The van der Waals surface area contributed by atoms with E-state index in [0.717, 1.165) is 52.5 Å². The van der Waals surface area contributed by atoms with Gasteiger partial charge in [-0.15, -0.1) is 0 Å². The molecule has 4 heterocycles. The van der Waals surface area contributed by atoms with E-state index in [4.69, 9.17) is 15.8 Å². The Bertz CT molecular complexity index is 1790. The number of aromatic amines is 2. The number of nitrogens with one attached hydrogen (secondary N) is 2. The number of anilines is 1. The molecule has 0 bridgehead atoms. The van der Waals surface area contributed by atoms with Crippen LogP contribution >= 0.6 is 0 Å².